The molecule has 140 valence electrons. The Bertz CT molecular complexity index is 733. The average molecular weight is 396 g/mol. The normalized spacial score (nSPS) is 10.4. The van der Waals surface area contributed by atoms with Crippen molar-refractivity contribution in [2.24, 2.45) is 0 Å². The molecule has 0 aliphatic carbocycles. The van der Waals surface area contributed by atoms with Crippen LogP contribution in [0.25, 0.3) is 0 Å². The lowest BCUT2D eigenvalue weighted by Gasteiger charge is -2.16. The lowest BCUT2D eigenvalue weighted by atomic mass is 10.2. The zero-order valence-electron chi connectivity index (χ0n) is 14.9. The first-order valence-electron chi connectivity index (χ1n) is 8.25. The van der Waals surface area contributed by atoms with E-state index in [1.165, 1.54) is 0 Å². The van der Waals surface area contributed by atoms with E-state index in [9.17, 15) is 9.59 Å². The third-order valence-corrected chi connectivity index (χ3v) is 4.67. The molecule has 1 aromatic heterocycles. The highest BCUT2D eigenvalue weighted by Crippen LogP contribution is 2.21. The summed E-state index contributed by atoms with van der Waals surface area (Å²) in [6.07, 6.45) is 0.716. The number of carbonyl (C=O) groups excluding carboxylic acids is 2. The van der Waals surface area contributed by atoms with E-state index in [2.05, 4.69) is 0 Å². The van der Waals surface area contributed by atoms with Gasteiger partial charge in [0.15, 0.2) is 6.61 Å². The SMILES string of the molecule is Cc1cc(Cl)ccc1OCCCC(=O)OCC(=O)N(C)Cc1ccsc1. The first-order chi connectivity index (χ1) is 12.5. The van der Waals surface area contributed by atoms with Gasteiger partial charge in [-0.25, -0.2) is 0 Å². The molecule has 0 aliphatic rings. The summed E-state index contributed by atoms with van der Waals surface area (Å²) in [5.74, 6) is 0.115. The highest BCUT2D eigenvalue weighted by Gasteiger charge is 2.12. The average Bonchev–Trinajstić information content (AvgIpc) is 3.11. The number of hydrogen-bond acceptors (Lipinski definition) is 5. The van der Waals surface area contributed by atoms with Gasteiger partial charge >= 0.3 is 5.97 Å². The van der Waals surface area contributed by atoms with Crippen molar-refractivity contribution in [3.05, 3.63) is 51.2 Å². The molecule has 26 heavy (non-hydrogen) atoms. The maximum absolute atomic E-state index is 12.0. The van der Waals surface area contributed by atoms with Gasteiger partial charge in [0.05, 0.1) is 6.61 Å². The van der Waals surface area contributed by atoms with Crippen LogP contribution < -0.4 is 4.74 Å². The van der Waals surface area contributed by atoms with Gasteiger partial charge < -0.3 is 14.4 Å². The first kappa shape index (κ1) is 20.3. The fourth-order valence-electron chi connectivity index (χ4n) is 2.24. The van der Waals surface area contributed by atoms with Crippen molar-refractivity contribution in [1.29, 1.82) is 0 Å². The summed E-state index contributed by atoms with van der Waals surface area (Å²) in [7, 11) is 1.69. The van der Waals surface area contributed by atoms with E-state index in [1.54, 1.807) is 35.4 Å². The number of carbonyl (C=O) groups is 2. The van der Waals surface area contributed by atoms with Crippen molar-refractivity contribution < 1.29 is 19.1 Å². The van der Waals surface area contributed by atoms with Crippen molar-refractivity contribution in [2.75, 3.05) is 20.3 Å². The van der Waals surface area contributed by atoms with Gasteiger partial charge in [-0.15, -0.1) is 0 Å². The molecule has 7 heteroatoms. The minimum Gasteiger partial charge on any atom is -0.493 e. The predicted octanol–water partition coefficient (Wildman–Crippen LogP) is 4.07. The fraction of sp³-hybridized carbons (Fsp3) is 0.368. The lowest BCUT2D eigenvalue weighted by Crippen LogP contribution is -2.30. The summed E-state index contributed by atoms with van der Waals surface area (Å²) < 4.78 is 10.7. The minimum absolute atomic E-state index is 0.203. The smallest absolute Gasteiger partial charge is 0.306 e. The molecule has 1 aromatic carbocycles. The second kappa shape index (κ2) is 10.2. The minimum atomic E-state index is -0.404. The molecule has 0 aliphatic heterocycles. The number of benzene rings is 1. The molecule has 0 radical (unpaired) electrons. The number of nitrogens with zero attached hydrogens (tertiary/aromatic N) is 1. The number of aryl methyl sites for hydroxylation is 1. The summed E-state index contributed by atoms with van der Waals surface area (Å²) in [5, 5.41) is 4.60. The highest BCUT2D eigenvalue weighted by atomic mass is 35.5. The third-order valence-electron chi connectivity index (χ3n) is 3.70. The Morgan fingerprint density at radius 1 is 1.27 bits per heavy atom. The molecule has 5 nitrogen and oxygen atoms in total. The van der Waals surface area contributed by atoms with Gasteiger partial charge in [0.1, 0.15) is 5.75 Å². The maximum atomic E-state index is 12.0. The van der Waals surface area contributed by atoms with Crippen LogP contribution in [0.2, 0.25) is 5.02 Å². The van der Waals surface area contributed by atoms with E-state index in [0.717, 1.165) is 16.9 Å². The molecule has 1 amide bonds. The van der Waals surface area contributed by atoms with Gasteiger partial charge in [-0.05, 0) is 59.5 Å². The van der Waals surface area contributed by atoms with E-state index in [0.29, 0.717) is 24.6 Å². The van der Waals surface area contributed by atoms with Gasteiger partial charge in [0, 0.05) is 25.0 Å². The molecule has 0 saturated heterocycles. The van der Waals surface area contributed by atoms with E-state index in [4.69, 9.17) is 21.1 Å². The van der Waals surface area contributed by atoms with E-state index in [1.807, 2.05) is 29.8 Å². The molecule has 0 atom stereocenters. The number of ether oxygens (including phenoxy) is 2. The third kappa shape index (κ3) is 6.69. The summed E-state index contributed by atoms with van der Waals surface area (Å²) in [4.78, 5) is 25.3. The monoisotopic (exact) mass is 395 g/mol. The number of hydrogen-bond donors (Lipinski definition) is 0. The topological polar surface area (TPSA) is 55.8 Å². The van der Waals surface area contributed by atoms with Crippen molar-refractivity contribution in [3.8, 4) is 5.75 Å². The Morgan fingerprint density at radius 2 is 2.08 bits per heavy atom. The number of rotatable bonds is 9. The zero-order valence-corrected chi connectivity index (χ0v) is 16.4. The molecular formula is C19H22ClNO4S. The summed E-state index contributed by atoms with van der Waals surface area (Å²) in [6.45, 7) is 2.57. The second-order valence-corrected chi connectivity index (χ2v) is 7.12. The van der Waals surface area contributed by atoms with Crippen LogP contribution in [0.5, 0.6) is 5.75 Å². The van der Waals surface area contributed by atoms with Gasteiger partial charge in [0.2, 0.25) is 0 Å². The molecule has 0 spiro atoms. The largest absolute Gasteiger partial charge is 0.493 e. The van der Waals surface area contributed by atoms with Crippen LogP contribution in [0, 0.1) is 6.92 Å². The fourth-order valence-corrected chi connectivity index (χ4v) is 3.13. The Hall–Kier alpha value is -2.05. The summed E-state index contributed by atoms with van der Waals surface area (Å²) in [5.41, 5.74) is 2.01. The Morgan fingerprint density at radius 3 is 2.77 bits per heavy atom. The van der Waals surface area contributed by atoms with Crippen molar-refractivity contribution >= 4 is 34.8 Å². The maximum Gasteiger partial charge on any atom is 0.306 e. The lowest BCUT2D eigenvalue weighted by molar-refractivity contribution is -0.151. The molecule has 1 heterocycles. The highest BCUT2D eigenvalue weighted by molar-refractivity contribution is 7.07. The number of amides is 1. The van der Waals surface area contributed by atoms with Crippen LogP contribution in [0.1, 0.15) is 24.0 Å². The summed E-state index contributed by atoms with van der Waals surface area (Å²) >= 11 is 7.48. The van der Waals surface area contributed by atoms with Crippen molar-refractivity contribution in [2.45, 2.75) is 26.3 Å². The number of halogens is 1. The van der Waals surface area contributed by atoms with Gasteiger partial charge in [-0.3, -0.25) is 9.59 Å². The molecule has 0 bridgehead atoms. The van der Waals surface area contributed by atoms with E-state index >= 15 is 0 Å². The number of esters is 1. The second-order valence-electron chi connectivity index (χ2n) is 5.90. The Balaban J connectivity index is 1.61. The summed E-state index contributed by atoms with van der Waals surface area (Å²) in [6, 6.07) is 7.35. The number of likely N-dealkylation sites (N-methyl/N-ethyl adjacent to an activating group) is 1. The van der Waals surface area contributed by atoms with Gasteiger partial charge in [-0.1, -0.05) is 11.6 Å². The Kier molecular flexibility index (Phi) is 7.94. The molecule has 0 saturated carbocycles. The molecule has 2 rings (SSSR count). The van der Waals surface area contributed by atoms with E-state index in [-0.39, 0.29) is 18.9 Å². The van der Waals surface area contributed by atoms with Gasteiger partial charge in [0.25, 0.3) is 5.91 Å². The predicted molar refractivity (Wildman–Crippen MR) is 103 cm³/mol. The van der Waals surface area contributed by atoms with Crippen LogP contribution in [0.3, 0.4) is 0 Å². The molecule has 2 aromatic rings. The van der Waals surface area contributed by atoms with Crippen LogP contribution >= 0.6 is 22.9 Å². The van der Waals surface area contributed by atoms with Gasteiger partial charge in [-0.2, -0.15) is 11.3 Å². The zero-order chi connectivity index (χ0) is 18.9. The van der Waals surface area contributed by atoms with Crippen LogP contribution in [-0.2, 0) is 20.9 Å². The van der Waals surface area contributed by atoms with Crippen molar-refractivity contribution in [3.63, 3.8) is 0 Å². The Labute approximate surface area is 162 Å². The van der Waals surface area contributed by atoms with Crippen molar-refractivity contribution in [1.82, 2.24) is 4.90 Å². The molecule has 0 N–H and O–H groups in total. The standard InChI is InChI=1S/C19H22ClNO4S/c1-14-10-16(20)5-6-17(14)24-8-3-4-19(23)25-12-18(22)21(2)11-15-7-9-26-13-15/h5-7,9-10,13H,3-4,8,11-12H2,1-2H3. The quantitative estimate of drug-likeness (QED) is 0.474. The van der Waals surface area contributed by atoms with Crippen LogP contribution in [-0.4, -0.2) is 37.0 Å². The molecule has 0 unspecified atom stereocenters. The first-order valence-corrected chi connectivity index (χ1v) is 9.57. The molecule has 0 fully saturated rings. The number of thiophene rings is 1. The van der Waals surface area contributed by atoms with Crippen LogP contribution in [0.15, 0.2) is 35.0 Å². The van der Waals surface area contributed by atoms with E-state index < -0.39 is 5.97 Å². The van der Waals surface area contributed by atoms with Crippen LogP contribution in [0.4, 0.5) is 0 Å². The molecular weight excluding hydrogens is 374 g/mol.